The highest BCUT2D eigenvalue weighted by Gasteiger charge is 2.11. The van der Waals surface area contributed by atoms with Crippen molar-refractivity contribution in [2.75, 3.05) is 0 Å². The summed E-state index contributed by atoms with van der Waals surface area (Å²) in [6.45, 7) is 0. The summed E-state index contributed by atoms with van der Waals surface area (Å²) in [4.78, 5) is 15.2. The van der Waals surface area contributed by atoms with Gasteiger partial charge in [0.25, 0.3) is 0 Å². The van der Waals surface area contributed by atoms with Gasteiger partial charge in [-0.15, -0.1) is 0 Å². The third-order valence-electron chi connectivity index (χ3n) is 3.74. The van der Waals surface area contributed by atoms with E-state index in [-0.39, 0.29) is 6.42 Å². The van der Waals surface area contributed by atoms with Crippen LogP contribution in [0.3, 0.4) is 0 Å². The Kier molecular flexibility index (Phi) is 3.44. The molecular formula is C17H16N2O2. The summed E-state index contributed by atoms with van der Waals surface area (Å²) >= 11 is 0. The minimum absolute atomic E-state index is 0.000955. The number of nitrogens with zero attached hydrogens (tertiary/aromatic N) is 2. The highest BCUT2D eigenvalue weighted by molar-refractivity contribution is 5.85. The zero-order chi connectivity index (χ0) is 14.8. The van der Waals surface area contributed by atoms with Gasteiger partial charge in [-0.25, -0.2) is 4.98 Å². The molecule has 2 aromatic carbocycles. The topological polar surface area (TPSA) is 55.1 Å². The summed E-state index contributed by atoms with van der Waals surface area (Å²) in [5, 5.41) is 11.3. The van der Waals surface area contributed by atoms with Crippen molar-refractivity contribution in [1.82, 2.24) is 9.55 Å². The minimum atomic E-state index is -0.838. The minimum Gasteiger partial charge on any atom is -0.481 e. The predicted octanol–water partition coefficient (Wildman–Crippen LogP) is 2.79. The normalized spacial score (nSPS) is 10.9. The van der Waals surface area contributed by atoms with Crippen molar-refractivity contribution in [3.05, 3.63) is 65.7 Å². The molecule has 0 aliphatic rings. The van der Waals surface area contributed by atoms with E-state index in [4.69, 9.17) is 5.11 Å². The number of hydrogen-bond acceptors (Lipinski definition) is 2. The first-order valence-corrected chi connectivity index (χ1v) is 6.83. The summed E-state index contributed by atoms with van der Waals surface area (Å²) in [6.07, 6.45) is 2.34. The van der Waals surface area contributed by atoms with Crippen LogP contribution in [0.25, 0.3) is 10.8 Å². The Balaban J connectivity index is 1.96. The molecule has 1 aromatic heterocycles. The standard InChI is InChI=1S/C17H16N2O2/c1-19-14(10-17(20)21)11-18-16(19)9-13-7-4-6-12-5-2-3-8-15(12)13/h2-8,11H,9-10H2,1H3,(H,20,21). The zero-order valence-corrected chi connectivity index (χ0v) is 11.8. The molecule has 106 valence electrons. The summed E-state index contributed by atoms with van der Waals surface area (Å²) < 4.78 is 1.87. The van der Waals surface area contributed by atoms with Crippen LogP contribution in [0.5, 0.6) is 0 Å². The van der Waals surface area contributed by atoms with Gasteiger partial charge in [0.05, 0.1) is 6.42 Å². The van der Waals surface area contributed by atoms with E-state index in [0.717, 1.165) is 11.5 Å². The largest absolute Gasteiger partial charge is 0.481 e. The second-order valence-corrected chi connectivity index (χ2v) is 5.11. The van der Waals surface area contributed by atoms with Crippen molar-refractivity contribution in [2.45, 2.75) is 12.8 Å². The average molecular weight is 280 g/mol. The SMILES string of the molecule is Cn1c(CC(=O)O)cnc1Cc1cccc2ccccc12. The van der Waals surface area contributed by atoms with E-state index in [1.807, 2.05) is 29.8 Å². The molecule has 1 N–H and O–H groups in total. The second kappa shape index (κ2) is 5.40. The van der Waals surface area contributed by atoms with E-state index >= 15 is 0 Å². The number of carboxylic acid groups (broad SMARTS) is 1. The molecule has 4 nitrogen and oxygen atoms in total. The van der Waals surface area contributed by atoms with Crippen LogP contribution in [0, 0.1) is 0 Å². The Morgan fingerprint density at radius 3 is 2.76 bits per heavy atom. The fourth-order valence-electron chi connectivity index (χ4n) is 2.59. The highest BCUT2D eigenvalue weighted by atomic mass is 16.4. The first-order chi connectivity index (χ1) is 10.1. The molecule has 0 bridgehead atoms. The van der Waals surface area contributed by atoms with Gasteiger partial charge in [0.1, 0.15) is 5.82 Å². The fraction of sp³-hybridized carbons (Fsp3) is 0.176. The number of carboxylic acids is 1. The van der Waals surface area contributed by atoms with Gasteiger partial charge in [0.15, 0.2) is 0 Å². The molecule has 0 radical (unpaired) electrons. The van der Waals surface area contributed by atoms with E-state index in [2.05, 4.69) is 29.2 Å². The molecule has 0 fully saturated rings. The molecule has 21 heavy (non-hydrogen) atoms. The molecule has 0 unspecified atom stereocenters. The molecule has 0 atom stereocenters. The van der Waals surface area contributed by atoms with E-state index in [0.29, 0.717) is 6.42 Å². The second-order valence-electron chi connectivity index (χ2n) is 5.11. The smallest absolute Gasteiger partial charge is 0.309 e. The van der Waals surface area contributed by atoms with E-state index in [9.17, 15) is 4.79 Å². The molecule has 0 saturated carbocycles. The lowest BCUT2D eigenvalue weighted by molar-refractivity contribution is -0.136. The molecule has 0 aliphatic heterocycles. The maximum Gasteiger partial charge on any atom is 0.309 e. The van der Waals surface area contributed by atoms with Crippen molar-refractivity contribution in [3.8, 4) is 0 Å². The predicted molar refractivity (Wildman–Crippen MR) is 81.3 cm³/mol. The molecular weight excluding hydrogens is 264 g/mol. The van der Waals surface area contributed by atoms with Crippen LogP contribution in [0.1, 0.15) is 17.1 Å². The molecule has 0 amide bonds. The number of fused-ring (bicyclic) bond motifs is 1. The number of rotatable bonds is 4. The molecule has 3 aromatic rings. The van der Waals surface area contributed by atoms with Crippen LogP contribution < -0.4 is 0 Å². The molecule has 0 spiro atoms. The lowest BCUT2D eigenvalue weighted by Crippen LogP contribution is -2.07. The first-order valence-electron chi connectivity index (χ1n) is 6.83. The number of hydrogen-bond donors (Lipinski definition) is 1. The van der Waals surface area contributed by atoms with Crippen molar-refractivity contribution in [2.24, 2.45) is 7.05 Å². The summed E-state index contributed by atoms with van der Waals surface area (Å²) in [7, 11) is 1.87. The van der Waals surface area contributed by atoms with Gasteiger partial charge in [0.2, 0.25) is 0 Å². The Morgan fingerprint density at radius 2 is 1.95 bits per heavy atom. The van der Waals surface area contributed by atoms with Crippen molar-refractivity contribution >= 4 is 16.7 Å². The van der Waals surface area contributed by atoms with Gasteiger partial charge >= 0.3 is 5.97 Å². The van der Waals surface area contributed by atoms with Crippen molar-refractivity contribution in [1.29, 1.82) is 0 Å². The Labute approximate surface area is 122 Å². The maximum atomic E-state index is 10.8. The van der Waals surface area contributed by atoms with Gasteiger partial charge in [0, 0.05) is 25.4 Å². The summed E-state index contributed by atoms with van der Waals surface area (Å²) in [6, 6.07) is 14.5. The highest BCUT2D eigenvalue weighted by Crippen LogP contribution is 2.21. The monoisotopic (exact) mass is 280 g/mol. The van der Waals surface area contributed by atoms with Gasteiger partial charge in [-0.2, -0.15) is 0 Å². The van der Waals surface area contributed by atoms with E-state index in [1.54, 1.807) is 6.20 Å². The molecule has 0 aliphatic carbocycles. The summed E-state index contributed by atoms with van der Waals surface area (Å²) in [5.41, 5.74) is 1.92. The number of benzene rings is 2. The Hall–Kier alpha value is -2.62. The van der Waals surface area contributed by atoms with Gasteiger partial charge < -0.3 is 9.67 Å². The summed E-state index contributed by atoms with van der Waals surface area (Å²) in [5.74, 6) is 0.0392. The van der Waals surface area contributed by atoms with Gasteiger partial charge in [-0.1, -0.05) is 42.5 Å². The van der Waals surface area contributed by atoms with Crippen LogP contribution in [0.15, 0.2) is 48.7 Å². The molecule has 0 saturated heterocycles. The fourth-order valence-corrected chi connectivity index (χ4v) is 2.59. The average Bonchev–Trinajstić information content (AvgIpc) is 2.80. The van der Waals surface area contributed by atoms with E-state index < -0.39 is 5.97 Å². The van der Waals surface area contributed by atoms with Crippen LogP contribution in [0.4, 0.5) is 0 Å². The lowest BCUT2D eigenvalue weighted by atomic mass is 10.0. The first kappa shape index (κ1) is 13.4. The molecule has 1 heterocycles. The quantitative estimate of drug-likeness (QED) is 0.799. The molecule has 4 heteroatoms. The molecule has 3 rings (SSSR count). The van der Waals surface area contributed by atoms with Crippen LogP contribution in [-0.2, 0) is 24.7 Å². The van der Waals surface area contributed by atoms with E-state index in [1.165, 1.54) is 16.3 Å². The third kappa shape index (κ3) is 2.65. The number of carbonyl (C=O) groups is 1. The number of aromatic nitrogens is 2. The lowest BCUT2D eigenvalue weighted by Gasteiger charge is -2.08. The number of imidazole rings is 1. The maximum absolute atomic E-state index is 10.8. The van der Waals surface area contributed by atoms with Gasteiger partial charge in [-0.3, -0.25) is 4.79 Å². The zero-order valence-electron chi connectivity index (χ0n) is 11.8. The Bertz CT molecular complexity index is 800. The van der Waals surface area contributed by atoms with Crippen LogP contribution in [0.2, 0.25) is 0 Å². The van der Waals surface area contributed by atoms with Crippen LogP contribution >= 0.6 is 0 Å². The van der Waals surface area contributed by atoms with Gasteiger partial charge in [-0.05, 0) is 16.3 Å². The number of aliphatic carboxylic acids is 1. The van der Waals surface area contributed by atoms with Crippen LogP contribution in [-0.4, -0.2) is 20.6 Å². The third-order valence-corrected chi connectivity index (χ3v) is 3.74. The van der Waals surface area contributed by atoms with Crippen molar-refractivity contribution < 1.29 is 9.90 Å². The Morgan fingerprint density at radius 1 is 1.19 bits per heavy atom. The van der Waals surface area contributed by atoms with Crippen molar-refractivity contribution in [3.63, 3.8) is 0 Å².